The zero-order valence-corrected chi connectivity index (χ0v) is 20.7. The Balaban J connectivity index is 1.70. The lowest BCUT2D eigenvalue weighted by Gasteiger charge is -2.34. The van der Waals surface area contributed by atoms with E-state index in [1.807, 2.05) is 0 Å². The molecule has 5 rings (SSSR count). The monoisotopic (exact) mass is 570 g/mol. The van der Waals surface area contributed by atoms with Crippen molar-refractivity contribution in [2.24, 2.45) is 0 Å². The molecule has 0 unspecified atom stereocenters. The van der Waals surface area contributed by atoms with E-state index in [0.29, 0.717) is 40.8 Å². The lowest BCUT2D eigenvalue weighted by molar-refractivity contribution is -0.143. The summed E-state index contributed by atoms with van der Waals surface area (Å²) in [5, 5.41) is 28.2. The third kappa shape index (κ3) is 5.44. The highest BCUT2D eigenvalue weighted by Crippen LogP contribution is 2.43. The summed E-state index contributed by atoms with van der Waals surface area (Å²) < 4.78 is 86.9. The highest BCUT2D eigenvalue weighted by molar-refractivity contribution is 7.17. The number of aromatic amines is 1. The topological polar surface area (TPSA) is 94.5 Å². The molecule has 4 aromatic rings. The first-order valence-electron chi connectivity index (χ1n) is 11.5. The van der Waals surface area contributed by atoms with E-state index in [1.165, 1.54) is 6.20 Å². The van der Waals surface area contributed by atoms with Crippen LogP contribution in [0.4, 0.5) is 31.5 Å². The van der Waals surface area contributed by atoms with Gasteiger partial charge in [-0.15, -0.1) is 0 Å². The van der Waals surface area contributed by atoms with Crippen LogP contribution in [0.15, 0.2) is 42.6 Å². The summed E-state index contributed by atoms with van der Waals surface area (Å²) in [6.45, 7) is 0.657. The summed E-state index contributed by atoms with van der Waals surface area (Å²) in [4.78, 5) is 6.02. The molecule has 1 aliphatic heterocycles. The van der Waals surface area contributed by atoms with E-state index < -0.39 is 41.0 Å². The van der Waals surface area contributed by atoms with E-state index in [4.69, 9.17) is 4.74 Å². The largest absolute Gasteiger partial charge is 0.492 e. The van der Waals surface area contributed by atoms with Crippen molar-refractivity contribution >= 4 is 39.0 Å². The number of nitrogens with zero attached hydrogens (tertiary/aromatic N) is 3. The van der Waals surface area contributed by atoms with E-state index in [0.717, 1.165) is 23.5 Å². The van der Waals surface area contributed by atoms with E-state index in [9.17, 15) is 36.6 Å². The Hall–Kier alpha value is -3.62. The molecule has 206 valence electrons. The third-order valence-corrected chi connectivity index (χ3v) is 7.38. The Morgan fingerprint density at radius 2 is 1.92 bits per heavy atom. The van der Waals surface area contributed by atoms with Gasteiger partial charge in [-0.2, -0.15) is 36.4 Å². The Morgan fingerprint density at radius 3 is 2.64 bits per heavy atom. The average Bonchev–Trinajstić information content (AvgIpc) is 3.52. The van der Waals surface area contributed by atoms with Gasteiger partial charge < -0.3 is 19.8 Å². The summed E-state index contributed by atoms with van der Waals surface area (Å²) in [7, 11) is 0. The van der Waals surface area contributed by atoms with Crippen LogP contribution in [-0.2, 0) is 17.1 Å². The van der Waals surface area contributed by atoms with Crippen LogP contribution in [0.3, 0.4) is 0 Å². The summed E-state index contributed by atoms with van der Waals surface area (Å²) in [5.74, 6) is -0.475. The Kier molecular flexibility index (Phi) is 7.03. The first kappa shape index (κ1) is 27.0. The van der Waals surface area contributed by atoms with Gasteiger partial charge in [-0.3, -0.25) is 5.10 Å². The molecular formula is C25H20F6N4O3S. The number of H-pyrrole nitrogens is 1. The molecule has 3 heterocycles. The molecule has 2 aromatic heterocycles. The minimum absolute atomic E-state index is 0.0697. The second kappa shape index (κ2) is 10.2. The maximum atomic E-state index is 13.9. The number of aromatic hydroxyl groups is 1. The summed E-state index contributed by atoms with van der Waals surface area (Å²) in [6.07, 6.45) is -7.46. The number of hydrogen-bond donors (Lipinski definition) is 3. The van der Waals surface area contributed by atoms with Gasteiger partial charge in [0.25, 0.3) is 0 Å². The predicted octanol–water partition coefficient (Wildman–Crippen LogP) is 5.55. The standard InChI is InChI=1S/C25H20F6N4O3S/c26-24(27,28)16-3-1-14(19(9-16)25(29,30)31)8-18(13-2-4-20-15(7-13)10-32-34-20)21-22(37)33-23(39-21)35-5-6-38-12-17(35)11-36/h1-4,7-10,17,36-37H,5-6,11-12H2,(H,32,34)/t17-/m1/s1. The SMILES string of the molecule is OC[C@@H]1COCCN1c1nc(O)c(C(=Cc2ccc(C(F)(F)F)cc2C(F)(F)F)c2ccc3[nH]ncc3c2)s1. The third-order valence-electron chi connectivity index (χ3n) is 6.26. The molecule has 1 atom stereocenters. The van der Waals surface area contributed by atoms with Crippen LogP contribution < -0.4 is 4.90 Å². The molecule has 0 amide bonds. The smallest absolute Gasteiger partial charge is 0.417 e. The molecule has 3 N–H and O–H groups in total. The van der Waals surface area contributed by atoms with E-state index in [1.54, 1.807) is 23.1 Å². The van der Waals surface area contributed by atoms with Gasteiger partial charge in [0.2, 0.25) is 5.88 Å². The number of fused-ring (bicyclic) bond motifs is 1. The second-order valence-corrected chi connectivity index (χ2v) is 9.76. The highest BCUT2D eigenvalue weighted by atomic mass is 32.1. The normalized spacial score (nSPS) is 17.3. The number of aromatic nitrogens is 3. The maximum absolute atomic E-state index is 13.9. The van der Waals surface area contributed by atoms with Gasteiger partial charge in [-0.05, 0) is 41.5 Å². The molecule has 1 aliphatic rings. The molecule has 0 saturated carbocycles. The van der Waals surface area contributed by atoms with Crippen LogP contribution in [0.5, 0.6) is 5.88 Å². The lowest BCUT2D eigenvalue weighted by atomic mass is 9.96. The van der Waals surface area contributed by atoms with Crippen molar-refractivity contribution in [1.29, 1.82) is 0 Å². The molecule has 7 nitrogen and oxygen atoms in total. The van der Waals surface area contributed by atoms with Crippen molar-refractivity contribution in [2.75, 3.05) is 31.3 Å². The Labute approximate surface area is 221 Å². The number of hydrogen-bond acceptors (Lipinski definition) is 7. The molecule has 39 heavy (non-hydrogen) atoms. The Bertz CT molecular complexity index is 1530. The van der Waals surface area contributed by atoms with Gasteiger partial charge in [0.05, 0.1) is 48.7 Å². The van der Waals surface area contributed by atoms with Crippen LogP contribution in [0, 0.1) is 0 Å². The number of nitrogens with one attached hydrogen (secondary N) is 1. The van der Waals surface area contributed by atoms with Crippen LogP contribution in [-0.4, -0.2) is 57.8 Å². The minimum atomic E-state index is -5.09. The van der Waals surface area contributed by atoms with Gasteiger partial charge in [-0.25, -0.2) is 0 Å². The molecule has 14 heteroatoms. The van der Waals surface area contributed by atoms with Gasteiger partial charge in [0.15, 0.2) is 5.13 Å². The first-order valence-corrected chi connectivity index (χ1v) is 12.4. The fourth-order valence-electron chi connectivity index (χ4n) is 4.31. The number of rotatable bonds is 5. The summed E-state index contributed by atoms with van der Waals surface area (Å²) >= 11 is 0.981. The van der Waals surface area contributed by atoms with E-state index in [2.05, 4.69) is 15.2 Å². The van der Waals surface area contributed by atoms with Crippen LogP contribution >= 0.6 is 11.3 Å². The van der Waals surface area contributed by atoms with Crippen molar-refractivity contribution in [3.63, 3.8) is 0 Å². The Morgan fingerprint density at radius 1 is 1.13 bits per heavy atom. The fraction of sp³-hybridized carbons (Fsp3) is 0.280. The zero-order valence-electron chi connectivity index (χ0n) is 19.8. The van der Waals surface area contributed by atoms with Crippen molar-refractivity contribution < 1.29 is 41.3 Å². The van der Waals surface area contributed by atoms with Crippen molar-refractivity contribution in [2.45, 2.75) is 18.4 Å². The number of benzene rings is 2. The quantitative estimate of drug-likeness (QED) is 0.215. The van der Waals surface area contributed by atoms with Crippen molar-refractivity contribution in [3.05, 3.63) is 69.7 Å². The van der Waals surface area contributed by atoms with E-state index in [-0.39, 0.29) is 29.7 Å². The highest BCUT2D eigenvalue weighted by Gasteiger charge is 2.38. The van der Waals surface area contributed by atoms with Gasteiger partial charge in [-0.1, -0.05) is 23.5 Å². The summed E-state index contributed by atoms with van der Waals surface area (Å²) in [5.41, 5.74) is -2.29. The molecule has 0 bridgehead atoms. The predicted molar refractivity (Wildman–Crippen MR) is 132 cm³/mol. The van der Waals surface area contributed by atoms with E-state index >= 15 is 0 Å². The van der Waals surface area contributed by atoms with Crippen molar-refractivity contribution in [1.82, 2.24) is 15.2 Å². The number of anilines is 1. The van der Waals surface area contributed by atoms with Gasteiger partial charge >= 0.3 is 12.4 Å². The molecule has 0 radical (unpaired) electrons. The molecule has 2 aromatic carbocycles. The van der Waals surface area contributed by atoms with Crippen LogP contribution in [0.1, 0.15) is 27.1 Å². The molecular weight excluding hydrogens is 550 g/mol. The maximum Gasteiger partial charge on any atom is 0.417 e. The molecule has 1 fully saturated rings. The summed E-state index contributed by atoms with van der Waals surface area (Å²) in [6, 6.07) is 5.82. The average molecular weight is 571 g/mol. The fourth-order valence-corrected chi connectivity index (χ4v) is 5.40. The number of halogens is 6. The lowest BCUT2D eigenvalue weighted by Crippen LogP contribution is -2.47. The van der Waals surface area contributed by atoms with Crippen LogP contribution in [0.2, 0.25) is 0 Å². The second-order valence-electron chi connectivity index (χ2n) is 8.78. The van der Waals surface area contributed by atoms with Crippen molar-refractivity contribution in [3.8, 4) is 5.88 Å². The molecule has 0 spiro atoms. The van der Waals surface area contributed by atoms with Gasteiger partial charge in [0.1, 0.15) is 4.88 Å². The number of aliphatic hydroxyl groups is 1. The molecule has 0 aliphatic carbocycles. The number of aliphatic hydroxyl groups excluding tert-OH is 1. The van der Waals surface area contributed by atoms with Gasteiger partial charge in [0, 0.05) is 17.5 Å². The number of morpholine rings is 1. The van der Waals surface area contributed by atoms with Crippen LogP contribution in [0.25, 0.3) is 22.6 Å². The number of alkyl halides is 6. The number of ether oxygens (including phenoxy) is 1. The number of thiazole rings is 1. The molecule has 1 saturated heterocycles. The first-order chi connectivity index (χ1) is 18.5. The minimum Gasteiger partial charge on any atom is -0.492 e. The zero-order chi connectivity index (χ0) is 27.9.